The molecule has 2 aromatic rings. The summed E-state index contributed by atoms with van der Waals surface area (Å²) in [6.45, 7) is 1.91. The van der Waals surface area contributed by atoms with E-state index in [1.807, 2.05) is 30.0 Å². The van der Waals surface area contributed by atoms with Crippen molar-refractivity contribution in [3.8, 4) is 5.88 Å². The van der Waals surface area contributed by atoms with Gasteiger partial charge in [0.05, 0.1) is 17.4 Å². The third kappa shape index (κ3) is 3.23. The first-order valence-electron chi connectivity index (χ1n) is 11.9. The maximum atomic E-state index is 13.8. The lowest BCUT2D eigenvalue weighted by molar-refractivity contribution is -0.144. The number of aromatic nitrogens is 3. The summed E-state index contributed by atoms with van der Waals surface area (Å²) in [6.07, 6.45) is 7.27. The Morgan fingerprint density at radius 3 is 2.65 bits per heavy atom. The molecule has 2 bridgehead atoms. The number of likely N-dealkylation sites (N-methyl/N-ethyl adjacent to an activating group) is 1. The van der Waals surface area contributed by atoms with E-state index in [9.17, 15) is 9.59 Å². The lowest BCUT2D eigenvalue weighted by Crippen LogP contribution is -2.73. The van der Waals surface area contributed by atoms with Gasteiger partial charge in [-0.25, -0.2) is 9.97 Å². The number of nitrogens with zero attached hydrogens (tertiary/aromatic N) is 5. The summed E-state index contributed by atoms with van der Waals surface area (Å²) in [5, 5.41) is 6.06. The Balaban J connectivity index is 1.25. The van der Waals surface area contributed by atoms with Gasteiger partial charge in [0.2, 0.25) is 23.6 Å². The zero-order valence-corrected chi connectivity index (χ0v) is 19.5. The molecule has 1 atom stereocenters. The normalized spacial score (nSPS) is 28.9. The second-order valence-electron chi connectivity index (χ2n) is 10.3. The van der Waals surface area contributed by atoms with Crippen LogP contribution in [0.3, 0.4) is 0 Å². The second kappa shape index (κ2) is 7.63. The average Bonchev–Trinajstić information content (AvgIpc) is 3.11. The van der Waals surface area contributed by atoms with E-state index < -0.39 is 5.41 Å². The van der Waals surface area contributed by atoms with Crippen LogP contribution < -0.4 is 20.3 Å². The molecule has 10 nitrogen and oxygen atoms in total. The van der Waals surface area contributed by atoms with Crippen LogP contribution in [0.1, 0.15) is 31.2 Å². The quantitative estimate of drug-likeness (QED) is 0.594. The maximum absolute atomic E-state index is 13.8. The smallest absolute Gasteiger partial charge is 0.244 e. The van der Waals surface area contributed by atoms with E-state index in [2.05, 4.69) is 20.6 Å². The van der Waals surface area contributed by atoms with Crippen LogP contribution in [0.25, 0.3) is 0 Å². The zero-order valence-electron chi connectivity index (χ0n) is 19.5. The van der Waals surface area contributed by atoms with E-state index >= 15 is 0 Å². The van der Waals surface area contributed by atoms with Crippen LogP contribution in [0, 0.1) is 11.3 Å². The van der Waals surface area contributed by atoms with Gasteiger partial charge in [0, 0.05) is 37.3 Å². The topological polar surface area (TPSA) is 113 Å². The number of nitrogens with one attached hydrogen (secondary N) is 2. The van der Waals surface area contributed by atoms with E-state index in [-0.39, 0.29) is 17.4 Å². The summed E-state index contributed by atoms with van der Waals surface area (Å²) in [4.78, 5) is 44.1. The standard InChI is InChI=1S/C24H29N7O3/c1-30(2)7-8-34-18-4-3-17(14-26-18)28-22-27-13-16-12-24(5-6-25-20(24)32)21(33)31(19(16)29-22)23-9-15(10-23)11-23/h3-4,13-15H,5-12H2,1-2H3,(H,25,32)(H,27,28,29)/t15?,23?,24-/m1/s1. The summed E-state index contributed by atoms with van der Waals surface area (Å²) >= 11 is 0. The minimum absolute atomic E-state index is 0.0984. The molecule has 1 saturated heterocycles. The summed E-state index contributed by atoms with van der Waals surface area (Å²) in [7, 11) is 3.99. The molecular formula is C24H29N7O3. The highest BCUT2D eigenvalue weighted by atomic mass is 16.5. The van der Waals surface area contributed by atoms with Crippen molar-refractivity contribution in [1.29, 1.82) is 0 Å². The van der Waals surface area contributed by atoms with Crippen molar-refractivity contribution in [1.82, 2.24) is 25.2 Å². The van der Waals surface area contributed by atoms with Crippen molar-refractivity contribution < 1.29 is 14.3 Å². The Hall–Kier alpha value is -3.27. The molecule has 2 amide bonds. The average molecular weight is 464 g/mol. The molecule has 4 heterocycles. The lowest BCUT2D eigenvalue weighted by Gasteiger charge is -2.67. The number of ether oxygens (including phenoxy) is 1. The number of carbonyl (C=O) groups excluding carboxylic acids is 2. The van der Waals surface area contributed by atoms with Crippen molar-refractivity contribution in [3.63, 3.8) is 0 Å². The minimum atomic E-state index is -1.02. The molecule has 10 heteroatoms. The van der Waals surface area contributed by atoms with Gasteiger partial charge in [-0.3, -0.25) is 14.5 Å². The van der Waals surface area contributed by atoms with Crippen LogP contribution in [-0.2, 0) is 16.0 Å². The summed E-state index contributed by atoms with van der Waals surface area (Å²) in [6, 6.07) is 3.67. The molecule has 0 unspecified atom stereocenters. The first kappa shape index (κ1) is 21.3. The van der Waals surface area contributed by atoms with Crippen molar-refractivity contribution in [3.05, 3.63) is 30.1 Å². The van der Waals surface area contributed by atoms with Gasteiger partial charge in [0.15, 0.2) is 0 Å². The number of anilines is 3. The predicted molar refractivity (Wildman–Crippen MR) is 125 cm³/mol. The SMILES string of the molecule is CN(C)CCOc1ccc(Nc2ncc3c(n2)N(C24CC(C2)C4)C(=O)[C@]2(CCNC2=O)C3)cn1. The van der Waals surface area contributed by atoms with Gasteiger partial charge < -0.3 is 20.3 Å². The van der Waals surface area contributed by atoms with Gasteiger partial charge >= 0.3 is 0 Å². The Labute approximate surface area is 198 Å². The van der Waals surface area contributed by atoms with Crippen LogP contribution in [0.15, 0.2) is 24.5 Å². The maximum Gasteiger partial charge on any atom is 0.244 e. The molecular weight excluding hydrogens is 434 g/mol. The van der Waals surface area contributed by atoms with Crippen LogP contribution in [-0.4, -0.2) is 71.0 Å². The fraction of sp³-hybridized carbons (Fsp3) is 0.542. The highest BCUT2D eigenvalue weighted by Crippen LogP contribution is 2.63. The molecule has 2 N–H and O–H groups in total. The van der Waals surface area contributed by atoms with Crippen LogP contribution >= 0.6 is 0 Å². The van der Waals surface area contributed by atoms with Gasteiger partial charge in [-0.05, 0) is 51.8 Å². The summed E-state index contributed by atoms with van der Waals surface area (Å²) < 4.78 is 5.65. The van der Waals surface area contributed by atoms with E-state index in [1.54, 1.807) is 18.5 Å². The monoisotopic (exact) mass is 463 g/mol. The Morgan fingerprint density at radius 2 is 2.03 bits per heavy atom. The third-order valence-corrected chi connectivity index (χ3v) is 7.69. The van der Waals surface area contributed by atoms with E-state index in [4.69, 9.17) is 9.72 Å². The molecule has 3 saturated carbocycles. The van der Waals surface area contributed by atoms with Gasteiger partial charge in [0.25, 0.3) is 0 Å². The van der Waals surface area contributed by atoms with Crippen LogP contribution in [0.5, 0.6) is 5.88 Å². The van der Waals surface area contributed by atoms with Crippen molar-refractivity contribution in [2.45, 2.75) is 37.6 Å². The zero-order chi connectivity index (χ0) is 23.5. The van der Waals surface area contributed by atoms with E-state index in [0.717, 1.165) is 37.1 Å². The molecule has 1 spiro atoms. The number of rotatable bonds is 7. The molecule has 0 radical (unpaired) electrons. The number of fused-ring (bicyclic) bond motifs is 1. The Kier molecular flexibility index (Phi) is 4.77. The summed E-state index contributed by atoms with van der Waals surface area (Å²) in [5.74, 6) is 2.02. The van der Waals surface area contributed by atoms with E-state index in [1.165, 1.54) is 0 Å². The van der Waals surface area contributed by atoms with Gasteiger partial charge in [-0.2, -0.15) is 4.98 Å². The number of pyridine rings is 1. The molecule has 178 valence electrons. The van der Waals surface area contributed by atoms with E-state index in [0.29, 0.717) is 49.6 Å². The third-order valence-electron chi connectivity index (χ3n) is 7.69. The van der Waals surface area contributed by atoms with Crippen molar-refractivity contribution in [2.24, 2.45) is 11.3 Å². The highest BCUT2D eigenvalue weighted by molar-refractivity contribution is 6.15. The first-order valence-corrected chi connectivity index (χ1v) is 11.9. The second-order valence-corrected chi connectivity index (χ2v) is 10.3. The largest absolute Gasteiger partial charge is 0.476 e. The fourth-order valence-corrected chi connectivity index (χ4v) is 5.68. The van der Waals surface area contributed by atoms with Crippen molar-refractivity contribution >= 4 is 29.3 Å². The number of hydrogen-bond donors (Lipinski definition) is 2. The first-order chi connectivity index (χ1) is 16.4. The predicted octanol–water partition coefficient (Wildman–Crippen LogP) is 1.50. The van der Waals surface area contributed by atoms with Gasteiger partial charge in [0.1, 0.15) is 17.8 Å². The molecule has 3 aliphatic carbocycles. The molecule has 0 aromatic carbocycles. The Morgan fingerprint density at radius 1 is 1.21 bits per heavy atom. The molecule has 7 rings (SSSR count). The molecule has 2 aliphatic heterocycles. The molecule has 2 aromatic heterocycles. The number of amides is 2. The number of hydrogen-bond acceptors (Lipinski definition) is 8. The van der Waals surface area contributed by atoms with Crippen LogP contribution in [0.4, 0.5) is 17.5 Å². The minimum Gasteiger partial charge on any atom is -0.476 e. The fourth-order valence-electron chi connectivity index (χ4n) is 5.68. The molecule has 34 heavy (non-hydrogen) atoms. The molecule has 5 aliphatic rings. The van der Waals surface area contributed by atoms with Gasteiger partial charge in [-0.1, -0.05) is 0 Å². The lowest BCUT2D eigenvalue weighted by atomic mass is 9.48. The molecule has 4 fully saturated rings. The van der Waals surface area contributed by atoms with Gasteiger partial charge in [-0.15, -0.1) is 0 Å². The highest BCUT2D eigenvalue weighted by Gasteiger charge is 2.67. The summed E-state index contributed by atoms with van der Waals surface area (Å²) in [5.41, 5.74) is 0.374. The Bertz CT molecular complexity index is 1130. The number of carbonyl (C=O) groups is 2. The van der Waals surface area contributed by atoms with Crippen molar-refractivity contribution in [2.75, 3.05) is 44.0 Å². The van der Waals surface area contributed by atoms with Crippen LogP contribution in [0.2, 0.25) is 0 Å².